The maximum Gasteiger partial charge on any atom is 0.257 e. The molecule has 0 unspecified atom stereocenters. The van der Waals surface area contributed by atoms with Gasteiger partial charge in [-0.15, -0.1) is 0 Å². The number of para-hydroxylation sites is 2. The number of thioether (sulfide) groups is 1. The first-order chi connectivity index (χ1) is 11.6. The molecule has 1 N–H and O–H groups in total. The van der Waals surface area contributed by atoms with Crippen molar-refractivity contribution in [2.75, 3.05) is 0 Å². The molecule has 3 aromatic rings. The number of hydrogen-bond donors (Lipinski definition) is 1. The first-order valence-corrected chi connectivity index (χ1v) is 8.70. The second kappa shape index (κ2) is 7.49. The summed E-state index contributed by atoms with van der Waals surface area (Å²) in [5.41, 5.74) is 2.51. The molecule has 0 aliphatic heterocycles. The molecular formula is C18H19N3O2S. The van der Waals surface area contributed by atoms with Crippen molar-refractivity contribution >= 4 is 28.8 Å². The zero-order chi connectivity index (χ0) is 16.9. The number of fused-ring (bicyclic) bond motifs is 1. The van der Waals surface area contributed by atoms with Crippen LogP contribution in [0.15, 0.2) is 58.4 Å². The second-order valence-corrected chi connectivity index (χ2v) is 6.90. The molecular weight excluding hydrogens is 322 g/mol. The first-order valence-electron chi connectivity index (χ1n) is 7.82. The smallest absolute Gasteiger partial charge is 0.257 e. The van der Waals surface area contributed by atoms with Crippen LogP contribution in [-0.2, 0) is 11.3 Å². The molecule has 0 saturated carbocycles. The number of hydrogen-bond acceptors (Lipinski definition) is 5. The van der Waals surface area contributed by atoms with E-state index in [9.17, 15) is 4.79 Å². The van der Waals surface area contributed by atoms with E-state index in [-0.39, 0.29) is 17.1 Å². The van der Waals surface area contributed by atoms with Crippen LogP contribution in [0.1, 0.15) is 19.4 Å². The maximum atomic E-state index is 12.6. The molecule has 1 amide bonds. The molecule has 5 nitrogen and oxygen atoms in total. The van der Waals surface area contributed by atoms with E-state index in [0.717, 1.165) is 16.7 Å². The van der Waals surface area contributed by atoms with E-state index in [1.165, 1.54) is 11.8 Å². The fraction of sp³-hybridized carbons (Fsp3) is 0.278. The molecule has 0 saturated heterocycles. The molecule has 6 heteroatoms. The summed E-state index contributed by atoms with van der Waals surface area (Å²) in [6, 6.07) is 11.4. The molecule has 124 valence electrons. The highest BCUT2D eigenvalue weighted by molar-refractivity contribution is 8.00. The molecule has 0 bridgehead atoms. The van der Waals surface area contributed by atoms with Gasteiger partial charge < -0.3 is 9.73 Å². The van der Waals surface area contributed by atoms with Crippen molar-refractivity contribution in [1.29, 1.82) is 0 Å². The molecule has 0 radical (unpaired) electrons. The van der Waals surface area contributed by atoms with Gasteiger partial charge in [0.15, 0.2) is 5.58 Å². The number of carbonyl (C=O) groups is 1. The normalized spacial score (nSPS) is 12.5. The van der Waals surface area contributed by atoms with E-state index in [0.29, 0.717) is 11.8 Å². The fourth-order valence-corrected chi connectivity index (χ4v) is 3.26. The maximum absolute atomic E-state index is 12.6. The molecule has 0 aliphatic carbocycles. The highest BCUT2D eigenvalue weighted by Gasteiger charge is 2.25. The van der Waals surface area contributed by atoms with Crippen LogP contribution in [0.2, 0.25) is 0 Å². The monoisotopic (exact) mass is 341 g/mol. The SMILES string of the molecule is CC(C)[C@H](Sc1nc2ccccc2o1)C(=O)NCc1cccnc1. The van der Waals surface area contributed by atoms with Crippen LogP contribution in [0.4, 0.5) is 0 Å². The van der Waals surface area contributed by atoms with Crippen LogP contribution in [0.3, 0.4) is 0 Å². The Hall–Kier alpha value is -2.34. The van der Waals surface area contributed by atoms with Crippen molar-refractivity contribution in [3.8, 4) is 0 Å². The van der Waals surface area contributed by atoms with Crippen molar-refractivity contribution in [2.24, 2.45) is 5.92 Å². The van der Waals surface area contributed by atoms with E-state index in [4.69, 9.17) is 4.42 Å². The molecule has 1 atom stereocenters. The Bertz CT molecular complexity index is 784. The zero-order valence-electron chi connectivity index (χ0n) is 13.6. The Morgan fingerprint density at radius 1 is 1.25 bits per heavy atom. The number of carbonyl (C=O) groups excluding carboxylic acids is 1. The van der Waals surface area contributed by atoms with Gasteiger partial charge in [0.25, 0.3) is 5.22 Å². The lowest BCUT2D eigenvalue weighted by molar-refractivity contribution is -0.121. The summed E-state index contributed by atoms with van der Waals surface area (Å²) in [6.07, 6.45) is 3.46. The molecule has 24 heavy (non-hydrogen) atoms. The Morgan fingerprint density at radius 3 is 2.79 bits per heavy atom. The molecule has 2 aromatic heterocycles. The van der Waals surface area contributed by atoms with Crippen LogP contribution in [0.5, 0.6) is 0 Å². The van der Waals surface area contributed by atoms with Crippen molar-refractivity contribution in [3.05, 3.63) is 54.4 Å². The number of pyridine rings is 1. The summed E-state index contributed by atoms with van der Waals surface area (Å²) in [5, 5.41) is 3.22. The lowest BCUT2D eigenvalue weighted by Gasteiger charge is -2.18. The summed E-state index contributed by atoms with van der Waals surface area (Å²) in [4.78, 5) is 21.1. The third-order valence-electron chi connectivity index (χ3n) is 3.56. The predicted octanol–water partition coefficient (Wildman–Crippen LogP) is 3.66. The average Bonchev–Trinajstić information content (AvgIpc) is 3.01. The van der Waals surface area contributed by atoms with E-state index < -0.39 is 0 Å². The van der Waals surface area contributed by atoms with Gasteiger partial charge in [0.05, 0.1) is 5.25 Å². The van der Waals surface area contributed by atoms with Gasteiger partial charge in [-0.3, -0.25) is 9.78 Å². The van der Waals surface area contributed by atoms with E-state index >= 15 is 0 Å². The first kappa shape index (κ1) is 16.5. The number of nitrogens with one attached hydrogen (secondary N) is 1. The van der Waals surface area contributed by atoms with Crippen LogP contribution in [0, 0.1) is 5.92 Å². The highest BCUT2D eigenvalue weighted by atomic mass is 32.2. The van der Waals surface area contributed by atoms with Gasteiger partial charge in [-0.2, -0.15) is 0 Å². The fourth-order valence-electron chi connectivity index (χ4n) is 2.29. The van der Waals surface area contributed by atoms with Crippen LogP contribution in [0.25, 0.3) is 11.1 Å². The van der Waals surface area contributed by atoms with Gasteiger partial charge in [0, 0.05) is 18.9 Å². The topological polar surface area (TPSA) is 68.0 Å². The van der Waals surface area contributed by atoms with Gasteiger partial charge >= 0.3 is 0 Å². The standard InChI is InChI=1S/C18H19N3O2S/c1-12(2)16(17(22)20-11-13-6-5-9-19-10-13)24-18-21-14-7-3-4-8-15(14)23-18/h3-10,12,16H,11H2,1-2H3,(H,20,22)/t16-/m0/s1. The number of oxazole rings is 1. The van der Waals surface area contributed by atoms with Crippen LogP contribution in [-0.4, -0.2) is 21.1 Å². The lowest BCUT2D eigenvalue weighted by atomic mass is 10.1. The summed E-state index contributed by atoms with van der Waals surface area (Å²) in [7, 11) is 0. The van der Waals surface area contributed by atoms with E-state index in [1.54, 1.807) is 12.4 Å². The minimum absolute atomic E-state index is 0.0268. The Labute approximate surface area is 144 Å². The molecule has 3 rings (SSSR count). The summed E-state index contributed by atoms with van der Waals surface area (Å²) in [5.74, 6) is 0.125. The molecule has 0 spiro atoms. The number of rotatable bonds is 6. The Kier molecular flexibility index (Phi) is 5.15. The molecule has 0 fully saturated rings. The van der Waals surface area contributed by atoms with Gasteiger partial charge in [0.2, 0.25) is 5.91 Å². The Morgan fingerprint density at radius 2 is 2.08 bits per heavy atom. The lowest BCUT2D eigenvalue weighted by Crippen LogP contribution is -2.35. The van der Waals surface area contributed by atoms with E-state index in [2.05, 4.69) is 15.3 Å². The second-order valence-electron chi connectivity index (χ2n) is 5.81. The van der Waals surface area contributed by atoms with Gasteiger partial charge in [-0.1, -0.05) is 43.8 Å². The number of aromatic nitrogens is 2. The average molecular weight is 341 g/mol. The minimum Gasteiger partial charge on any atom is -0.431 e. The van der Waals surface area contributed by atoms with Gasteiger partial charge in [0.1, 0.15) is 5.52 Å². The van der Waals surface area contributed by atoms with Crippen molar-refractivity contribution in [3.63, 3.8) is 0 Å². The van der Waals surface area contributed by atoms with Crippen molar-refractivity contribution < 1.29 is 9.21 Å². The van der Waals surface area contributed by atoms with Crippen molar-refractivity contribution in [2.45, 2.75) is 30.9 Å². The molecule has 2 heterocycles. The Balaban J connectivity index is 1.68. The summed E-state index contributed by atoms with van der Waals surface area (Å²) in [6.45, 7) is 4.50. The van der Waals surface area contributed by atoms with E-state index in [1.807, 2.05) is 50.2 Å². The third-order valence-corrected chi connectivity index (χ3v) is 4.94. The quantitative estimate of drug-likeness (QED) is 0.693. The number of nitrogens with zero attached hydrogens (tertiary/aromatic N) is 2. The summed E-state index contributed by atoms with van der Waals surface area (Å²) >= 11 is 1.36. The number of benzene rings is 1. The van der Waals surface area contributed by atoms with Gasteiger partial charge in [-0.05, 0) is 29.7 Å². The summed E-state index contributed by atoms with van der Waals surface area (Å²) < 4.78 is 5.72. The van der Waals surface area contributed by atoms with Crippen LogP contribution < -0.4 is 5.32 Å². The third kappa shape index (κ3) is 3.94. The van der Waals surface area contributed by atoms with Gasteiger partial charge in [-0.25, -0.2) is 4.98 Å². The van der Waals surface area contributed by atoms with Crippen molar-refractivity contribution in [1.82, 2.24) is 15.3 Å². The molecule has 1 aromatic carbocycles. The zero-order valence-corrected chi connectivity index (χ0v) is 14.4. The minimum atomic E-state index is -0.269. The molecule has 0 aliphatic rings. The predicted molar refractivity (Wildman–Crippen MR) is 94.6 cm³/mol. The van der Waals surface area contributed by atoms with Crippen LogP contribution >= 0.6 is 11.8 Å². The largest absolute Gasteiger partial charge is 0.431 e. The highest BCUT2D eigenvalue weighted by Crippen LogP contribution is 2.30. The number of amides is 1.